The van der Waals surface area contributed by atoms with Crippen LogP contribution in [-0.4, -0.2) is 55.7 Å². The fraction of sp³-hybridized carbons (Fsp3) is 0.455. The molecule has 0 aliphatic carbocycles. The van der Waals surface area contributed by atoms with Crippen LogP contribution in [0.5, 0.6) is 0 Å². The first-order valence-corrected chi connectivity index (χ1v) is 11.0. The van der Waals surface area contributed by atoms with Crippen LogP contribution in [0.15, 0.2) is 35.0 Å². The highest BCUT2D eigenvalue weighted by molar-refractivity contribution is 5.98. The summed E-state index contributed by atoms with van der Waals surface area (Å²) in [5.74, 6) is -0.950. The number of halogens is 1. The maximum Gasteiger partial charge on any atom is 0.280 e. The molecule has 0 spiro atoms. The van der Waals surface area contributed by atoms with E-state index in [0.29, 0.717) is 11.2 Å². The molecule has 0 bridgehead atoms. The first-order chi connectivity index (χ1) is 15.7. The number of carbonyl (C=O) groups is 2. The summed E-state index contributed by atoms with van der Waals surface area (Å²) in [6.07, 6.45) is 3.96. The molecule has 1 fully saturated rings. The smallest absolute Gasteiger partial charge is 0.280 e. The molecule has 11 heteroatoms. The van der Waals surface area contributed by atoms with E-state index >= 15 is 0 Å². The van der Waals surface area contributed by atoms with Gasteiger partial charge in [-0.1, -0.05) is 0 Å². The first kappa shape index (κ1) is 21.4. The number of hydrogen-bond donors (Lipinski definition) is 3. The van der Waals surface area contributed by atoms with E-state index in [1.54, 1.807) is 22.5 Å². The third-order valence-corrected chi connectivity index (χ3v) is 6.39. The van der Waals surface area contributed by atoms with E-state index in [9.17, 15) is 18.8 Å². The van der Waals surface area contributed by atoms with Crippen molar-refractivity contribution < 1.29 is 14.0 Å². The monoisotopic (exact) mass is 455 g/mol. The fourth-order valence-electron chi connectivity index (χ4n) is 4.39. The Morgan fingerprint density at radius 2 is 2.12 bits per heavy atom. The number of allylic oxidation sites excluding steroid dienone is 2. The van der Waals surface area contributed by atoms with Crippen LogP contribution in [0.2, 0.25) is 0 Å². The molecule has 0 saturated carbocycles. The number of hydrogen-bond acceptors (Lipinski definition) is 6. The molecule has 1 unspecified atom stereocenters. The van der Waals surface area contributed by atoms with Gasteiger partial charge in [-0.3, -0.25) is 14.4 Å². The molecule has 174 valence electrons. The van der Waals surface area contributed by atoms with Crippen molar-refractivity contribution in [3.8, 4) is 0 Å². The minimum absolute atomic E-state index is 0.104. The van der Waals surface area contributed by atoms with E-state index in [1.807, 2.05) is 13.8 Å². The minimum Gasteiger partial charge on any atom is -0.363 e. The van der Waals surface area contributed by atoms with E-state index in [2.05, 4.69) is 21.0 Å². The van der Waals surface area contributed by atoms with Gasteiger partial charge >= 0.3 is 0 Å². The van der Waals surface area contributed by atoms with Crippen molar-refractivity contribution in [1.82, 2.24) is 35.0 Å². The van der Waals surface area contributed by atoms with Crippen LogP contribution in [0.25, 0.3) is 5.65 Å². The first-order valence-electron chi connectivity index (χ1n) is 11.0. The predicted octanol–water partition coefficient (Wildman–Crippen LogP) is 0.350. The summed E-state index contributed by atoms with van der Waals surface area (Å²) in [5.41, 5.74) is 0.387. The Hall–Kier alpha value is -3.47. The van der Waals surface area contributed by atoms with Gasteiger partial charge in [-0.25, -0.2) is 4.39 Å². The molecule has 3 aliphatic heterocycles. The molecule has 33 heavy (non-hydrogen) atoms. The zero-order valence-electron chi connectivity index (χ0n) is 18.7. The van der Waals surface area contributed by atoms with Crippen LogP contribution in [-0.2, 0) is 17.9 Å². The van der Waals surface area contributed by atoms with E-state index < -0.39 is 17.4 Å². The molecular weight excluding hydrogens is 429 g/mol. The van der Waals surface area contributed by atoms with Crippen LogP contribution in [0.1, 0.15) is 48.4 Å². The predicted molar refractivity (Wildman–Crippen MR) is 118 cm³/mol. The van der Waals surface area contributed by atoms with Gasteiger partial charge in [0.05, 0.1) is 17.8 Å². The summed E-state index contributed by atoms with van der Waals surface area (Å²) in [4.78, 5) is 41.2. The second-order valence-corrected chi connectivity index (χ2v) is 9.20. The van der Waals surface area contributed by atoms with E-state index in [-0.39, 0.29) is 42.2 Å². The van der Waals surface area contributed by atoms with Crippen LogP contribution >= 0.6 is 0 Å². The highest BCUT2D eigenvalue weighted by Gasteiger charge is 2.37. The number of amides is 2. The van der Waals surface area contributed by atoms with Crippen molar-refractivity contribution in [3.05, 3.63) is 57.6 Å². The highest BCUT2D eigenvalue weighted by atomic mass is 19.1. The van der Waals surface area contributed by atoms with Crippen molar-refractivity contribution in [2.24, 2.45) is 0 Å². The van der Waals surface area contributed by atoms with Gasteiger partial charge in [-0.05, 0) is 32.9 Å². The van der Waals surface area contributed by atoms with Gasteiger partial charge in [0.2, 0.25) is 5.91 Å². The second kappa shape index (κ2) is 7.55. The average molecular weight is 455 g/mol. The third kappa shape index (κ3) is 3.52. The summed E-state index contributed by atoms with van der Waals surface area (Å²) >= 11 is 0. The molecule has 1 saturated heterocycles. The number of carbonyl (C=O) groups excluding carboxylic acids is 2. The summed E-state index contributed by atoms with van der Waals surface area (Å²) in [7, 11) is 0. The topological polar surface area (TPSA) is 113 Å². The Morgan fingerprint density at radius 3 is 2.73 bits per heavy atom. The number of rotatable bonds is 5. The Kier molecular flexibility index (Phi) is 4.89. The van der Waals surface area contributed by atoms with Crippen LogP contribution in [0, 0.1) is 0 Å². The number of dihydropyridines is 1. The van der Waals surface area contributed by atoms with Crippen LogP contribution in [0.3, 0.4) is 0 Å². The molecule has 5 heterocycles. The quantitative estimate of drug-likeness (QED) is 0.600. The van der Waals surface area contributed by atoms with Crippen molar-refractivity contribution in [2.45, 2.75) is 51.5 Å². The Labute approximate surface area is 189 Å². The zero-order valence-corrected chi connectivity index (χ0v) is 18.7. The van der Waals surface area contributed by atoms with Gasteiger partial charge < -0.3 is 25.4 Å². The normalized spacial score (nSPS) is 22.4. The number of aromatic nitrogens is 3. The largest absolute Gasteiger partial charge is 0.363 e. The maximum atomic E-state index is 13.3. The molecule has 2 amide bonds. The minimum atomic E-state index is -0.984. The lowest BCUT2D eigenvalue weighted by Crippen LogP contribution is -2.55. The average Bonchev–Trinajstić information content (AvgIpc) is 3.29. The standard InChI is InChI=1S/C22H26FN7O3/c1-12(2)28-10-15-19(21(28)33)29(11-17(31)26-22(3)5-4-14(23)9-25-22)18-6-16(13-7-24-8-13)27-30(18)20(15)32/h4-6,9,12-13,24-25H,7-8,10-11H2,1-3H3,(H,26,31). The van der Waals surface area contributed by atoms with Gasteiger partial charge in [-0.15, -0.1) is 0 Å². The van der Waals surface area contributed by atoms with Gasteiger partial charge in [-0.2, -0.15) is 9.61 Å². The summed E-state index contributed by atoms with van der Waals surface area (Å²) < 4.78 is 16.2. The number of fused-ring (bicyclic) bond motifs is 2. The molecule has 0 aromatic carbocycles. The van der Waals surface area contributed by atoms with Crippen LogP contribution < -0.4 is 21.5 Å². The second-order valence-electron chi connectivity index (χ2n) is 9.20. The Morgan fingerprint density at radius 1 is 1.36 bits per heavy atom. The molecular formula is C22H26FN7O3. The number of nitrogens with one attached hydrogen (secondary N) is 3. The summed E-state index contributed by atoms with van der Waals surface area (Å²) in [5, 5.41) is 13.3. The van der Waals surface area contributed by atoms with Crippen LogP contribution in [0.4, 0.5) is 4.39 Å². The maximum absolute atomic E-state index is 13.3. The van der Waals surface area contributed by atoms with Crippen molar-refractivity contribution in [3.63, 3.8) is 0 Å². The van der Waals surface area contributed by atoms with Crippen molar-refractivity contribution in [1.29, 1.82) is 0 Å². The SMILES string of the molecule is CC(C)N1Cc2c(n(CC(=O)NC3(C)C=CC(F)=CN3)c3cc(C4CNC4)nn3c2=O)C1=O. The van der Waals surface area contributed by atoms with Crippen molar-refractivity contribution >= 4 is 17.5 Å². The number of nitrogens with zero attached hydrogens (tertiary/aromatic N) is 4. The summed E-state index contributed by atoms with van der Waals surface area (Å²) in [6.45, 7) is 6.96. The van der Waals surface area contributed by atoms with E-state index in [1.165, 1.54) is 22.9 Å². The molecule has 1 atom stereocenters. The molecule has 5 rings (SSSR count). The van der Waals surface area contributed by atoms with Gasteiger partial charge in [0.15, 0.2) is 0 Å². The zero-order chi connectivity index (χ0) is 23.5. The van der Waals surface area contributed by atoms with Gasteiger partial charge in [0, 0.05) is 37.3 Å². The van der Waals surface area contributed by atoms with Gasteiger partial charge in [0.25, 0.3) is 11.5 Å². The van der Waals surface area contributed by atoms with E-state index in [4.69, 9.17) is 0 Å². The van der Waals surface area contributed by atoms with E-state index in [0.717, 1.165) is 18.8 Å². The molecule has 2 aromatic rings. The fourth-order valence-corrected chi connectivity index (χ4v) is 4.39. The van der Waals surface area contributed by atoms with Gasteiger partial charge in [0.1, 0.15) is 29.4 Å². The third-order valence-electron chi connectivity index (χ3n) is 6.39. The summed E-state index contributed by atoms with van der Waals surface area (Å²) in [6, 6.07) is 1.68. The van der Waals surface area contributed by atoms with Crippen molar-refractivity contribution in [2.75, 3.05) is 13.1 Å². The molecule has 10 nitrogen and oxygen atoms in total. The lowest BCUT2D eigenvalue weighted by molar-refractivity contribution is -0.123. The lowest BCUT2D eigenvalue weighted by atomic mass is 10.00. The lowest BCUT2D eigenvalue weighted by Gasteiger charge is -2.30. The molecule has 3 aliphatic rings. The Bertz CT molecular complexity index is 1290. The highest BCUT2D eigenvalue weighted by Crippen LogP contribution is 2.26. The molecule has 3 N–H and O–H groups in total. The Balaban J connectivity index is 1.56. The molecule has 0 radical (unpaired) electrons. The molecule has 2 aromatic heterocycles.